The molecule has 1 unspecified atom stereocenters. The molecule has 0 spiro atoms. The third kappa shape index (κ3) is 2.54. The van der Waals surface area contributed by atoms with Crippen molar-refractivity contribution < 1.29 is 5.21 Å². The van der Waals surface area contributed by atoms with Crippen LogP contribution in [0.2, 0.25) is 5.02 Å². The number of hydrogen-bond donors (Lipinski definition) is 1. The van der Waals surface area contributed by atoms with Crippen molar-refractivity contribution in [2.45, 2.75) is 12.3 Å². The van der Waals surface area contributed by atoms with Crippen LogP contribution in [-0.4, -0.2) is 15.9 Å². The number of aromatic nitrogens is 1. The van der Waals surface area contributed by atoms with Gasteiger partial charge in [-0.15, -0.1) is 11.3 Å². The number of fused-ring (bicyclic) bond motifs is 1. The van der Waals surface area contributed by atoms with Gasteiger partial charge in [0.2, 0.25) is 0 Å². The van der Waals surface area contributed by atoms with Crippen molar-refractivity contribution in [3.05, 3.63) is 75.9 Å². The summed E-state index contributed by atoms with van der Waals surface area (Å²) < 4.78 is 0. The molecule has 2 heterocycles. The fourth-order valence-corrected chi connectivity index (χ4v) is 4.37. The van der Waals surface area contributed by atoms with Gasteiger partial charge in [0.1, 0.15) is 0 Å². The molecule has 1 aliphatic carbocycles. The van der Waals surface area contributed by atoms with Crippen molar-refractivity contribution in [2.24, 2.45) is 5.16 Å². The van der Waals surface area contributed by atoms with E-state index in [1.54, 1.807) is 23.7 Å². The molecule has 2 aromatic heterocycles. The standard InChI is InChI=1S/C18H13ClN2OS/c19-13-3-1-11(2-4-13)14-9-16(21-22)18-15(14)10-17(23-18)12-5-7-20-8-6-12/h1-8,10,14,22H,9H2/b21-16-. The summed E-state index contributed by atoms with van der Waals surface area (Å²) in [4.78, 5) is 6.30. The van der Waals surface area contributed by atoms with Crippen LogP contribution in [0, 0.1) is 0 Å². The first-order valence-corrected chi connectivity index (χ1v) is 8.46. The Kier molecular flexibility index (Phi) is 3.63. The molecule has 0 radical (unpaired) electrons. The van der Waals surface area contributed by atoms with E-state index in [1.165, 1.54) is 11.1 Å². The average Bonchev–Trinajstić information content (AvgIpc) is 3.16. The van der Waals surface area contributed by atoms with Gasteiger partial charge in [-0.3, -0.25) is 4.98 Å². The summed E-state index contributed by atoms with van der Waals surface area (Å²) >= 11 is 7.66. The molecule has 3 nitrogen and oxygen atoms in total. The van der Waals surface area contributed by atoms with Gasteiger partial charge >= 0.3 is 0 Å². The highest BCUT2D eigenvalue weighted by molar-refractivity contribution is 7.17. The van der Waals surface area contributed by atoms with Gasteiger partial charge in [-0.25, -0.2) is 0 Å². The van der Waals surface area contributed by atoms with Crippen LogP contribution in [0.15, 0.2) is 60.0 Å². The third-order valence-electron chi connectivity index (χ3n) is 4.15. The third-order valence-corrected chi connectivity index (χ3v) is 5.65. The fourth-order valence-electron chi connectivity index (χ4n) is 3.02. The summed E-state index contributed by atoms with van der Waals surface area (Å²) in [6.45, 7) is 0. The van der Waals surface area contributed by atoms with Crippen LogP contribution >= 0.6 is 22.9 Å². The molecule has 1 N–H and O–H groups in total. The average molecular weight is 341 g/mol. The second kappa shape index (κ2) is 5.80. The maximum Gasteiger partial charge on any atom is 0.0979 e. The number of nitrogens with zero attached hydrogens (tertiary/aromatic N) is 2. The zero-order chi connectivity index (χ0) is 15.8. The molecule has 1 aliphatic rings. The molecule has 0 bridgehead atoms. The number of benzene rings is 1. The summed E-state index contributed by atoms with van der Waals surface area (Å²) in [7, 11) is 0. The van der Waals surface area contributed by atoms with Gasteiger partial charge in [-0.2, -0.15) is 0 Å². The molecule has 23 heavy (non-hydrogen) atoms. The summed E-state index contributed by atoms with van der Waals surface area (Å²) in [6, 6.07) is 14.1. The van der Waals surface area contributed by atoms with Crippen molar-refractivity contribution in [2.75, 3.05) is 0 Å². The number of hydrogen-bond acceptors (Lipinski definition) is 4. The molecule has 0 fully saturated rings. The predicted molar refractivity (Wildman–Crippen MR) is 93.8 cm³/mol. The minimum atomic E-state index is 0.208. The second-order valence-electron chi connectivity index (χ2n) is 5.49. The first-order valence-electron chi connectivity index (χ1n) is 7.27. The van der Waals surface area contributed by atoms with E-state index < -0.39 is 0 Å². The van der Waals surface area contributed by atoms with Crippen molar-refractivity contribution >= 4 is 28.6 Å². The number of rotatable bonds is 2. The number of pyridine rings is 1. The molecule has 0 saturated carbocycles. The maximum atomic E-state index is 9.36. The van der Waals surface area contributed by atoms with E-state index in [1.807, 2.05) is 36.4 Å². The first kappa shape index (κ1) is 14.4. The van der Waals surface area contributed by atoms with E-state index in [0.29, 0.717) is 0 Å². The molecule has 114 valence electrons. The van der Waals surface area contributed by atoms with Crippen LogP contribution in [0.5, 0.6) is 0 Å². The van der Waals surface area contributed by atoms with Gasteiger partial charge < -0.3 is 5.21 Å². The van der Waals surface area contributed by atoms with E-state index >= 15 is 0 Å². The highest BCUT2D eigenvalue weighted by Gasteiger charge is 2.32. The van der Waals surface area contributed by atoms with Crippen LogP contribution in [0.3, 0.4) is 0 Å². The zero-order valence-corrected chi connectivity index (χ0v) is 13.7. The minimum Gasteiger partial charge on any atom is -0.411 e. The lowest BCUT2D eigenvalue weighted by Gasteiger charge is -2.10. The summed E-state index contributed by atoms with van der Waals surface area (Å²) in [5.74, 6) is 0.208. The van der Waals surface area contributed by atoms with E-state index in [0.717, 1.165) is 32.5 Å². The molecule has 5 heteroatoms. The normalized spacial score (nSPS) is 18.3. The highest BCUT2D eigenvalue weighted by Crippen LogP contribution is 2.45. The molecule has 1 atom stereocenters. The van der Waals surface area contributed by atoms with Gasteiger partial charge in [0.25, 0.3) is 0 Å². The Hall–Kier alpha value is -2.17. The molecule has 0 saturated heterocycles. The molecular formula is C18H13ClN2OS. The first-order chi connectivity index (χ1) is 11.3. The Morgan fingerprint density at radius 2 is 1.87 bits per heavy atom. The van der Waals surface area contributed by atoms with E-state index in [2.05, 4.69) is 16.2 Å². The Morgan fingerprint density at radius 3 is 2.57 bits per heavy atom. The smallest absolute Gasteiger partial charge is 0.0979 e. The zero-order valence-electron chi connectivity index (χ0n) is 12.1. The van der Waals surface area contributed by atoms with Crippen LogP contribution in [-0.2, 0) is 0 Å². The van der Waals surface area contributed by atoms with E-state index in [9.17, 15) is 5.21 Å². The van der Waals surface area contributed by atoms with Gasteiger partial charge in [-0.1, -0.05) is 28.9 Å². The molecular weight excluding hydrogens is 328 g/mol. The molecule has 4 rings (SSSR count). The molecule has 1 aromatic carbocycles. The summed E-state index contributed by atoms with van der Waals surface area (Å²) in [5, 5.41) is 13.6. The van der Waals surface area contributed by atoms with Gasteiger partial charge in [-0.05, 0) is 47.0 Å². The van der Waals surface area contributed by atoms with Crippen LogP contribution in [0.25, 0.3) is 10.4 Å². The van der Waals surface area contributed by atoms with Crippen LogP contribution < -0.4 is 0 Å². The second-order valence-corrected chi connectivity index (χ2v) is 6.97. The Labute approximate surface area is 142 Å². The Balaban J connectivity index is 1.80. The molecule has 0 amide bonds. The van der Waals surface area contributed by atoms with Crippen molar-refractivity contribution in [3.63, 3.8) is 0 Å². The lowest BCUT2D eigenvalue weighted by molar-refractivity contribution is 0.318. The minimum absolute atomic E-state index is 0.208. The lowest BCUT2D eigenvalue weighted by atomic mass is 9.94. The van der Waals surface area contributed by atoms with Gasteiger partial charge in [0.05, 0.1) is 10.6 Å². The predicted octanol–water partition coefficient (Wildman–Crippen LogP) is 5.18. The van der Waals surface area contributed by atoms with E-state index in [4.69, 9.17) is 11.6 Å². The van der Waals surface area contributed by atoms with Gasteiger partial charge in [0, 0.05) is 34.6 Å². The number of thiophene rings is 1. The van der Waals surface area contributed by atoms with Crippen LogP contribution in [0.1, 0.15) is 28.3 Å². The monoisotopic (exact) mass is 340 g/mol. The van der Waals surface area contributed by atoms with Gasteiger partial charge in [0.15, 0.2) is 0 Å². The van der Waals surface area contributed by atoms with Crippen molar-refractivity contribution in [1.29, 1.82) is 0 Å². The summed E-state index contributed by atoms with van der Waals surface area (Å²) in [5.41, 5.74) is 4.29. The number of oxime groups is 1. The van der Waals surface area contributed by atoms with Crippen LogP contribution in [0.4, 0.5) is 0 Å². The fraction of sp³-hybridized carbons (Fsp3) is 0.111. The van der Waals surface area contributed by atoms with Crippen molar-refractivity contribution in [3.8, 4) is 10.4 Å². The Morgan fingerprint density at radius 1 is 1.13 bits per heavy atom. The highest BCUT2D eigenvalue weighted by atomic mass is 35.5. The quantitative estimate of drug-likeness (QED) is 0.516. The number of halogens is 1. The van der Waals surface area contributed by atoms with Crippen molar-refractivity contribution in [1.82, 2.24) is 4.98 Å². The molecule has 3 aromatic rings. The topological polar surface area (TPSA) is 45.5 Å². The van der Waals surface area contributed by atoms with E-state index in [-0.39, 0.29) is 5.92 Å². The molecule has 0 aliphatic heterocycles. The Bertz CT molecular complexity index is 872. The maximum absolute atomic E-state index is 9.36. The summed E-state index contributed by atoms with van der Waals surface area (Å²) in [6.07, 6.45) is 4.30. The largest absolute Gasteiger partial charge is 0.411 e. The lowest BCUT2D eigenvalue weighted by Crippen LogP contribution is -1.97. The SMILES string of the molecule is O/N=C1/CC(c2ccc(Cl)cc2)c2cc(-c3ccncc3)sc21.